The number of halogens is 2. The van der Waals surface area contributed by atoms with Crippen LogP contribution in [-0.4, -0.2) is 7.11 Å². The molecule has 0 spiro atoms. The minimum absolute atomic E-state index is 0.481. The highest BCUT2D eigenvalue weighted by Crippen LogP contribution is 2.33. The summed E-state index contributed by atoms with van der Waals surface area (Å²) in [6.45, 7) is 4.04. The van der Waals surface area contributed by atoms with E-state index in [9.17, 15) is 0 Å². The van der Waals surface area contributed by atoms with Crippen LogP contribution in [0.5, 0.6) is 5.75 Å². The van der Waals surface area contributed by atoms with Crippen LogP contribution in [0.2, 0.25) is 0 Å². The molecule has 0 aromatic heterocycles. The molecule has 0 radical (unpaired) electrons. The van der Waals surface area contributed by atoms with E-state index in [2.05, 4.69) is 15.9 Å². The lowest BCUT2D eigenvalue weighted by atomic mass is 10.1. The highest BCUT2D eigenvalue weighted by Gasteiger charge is 2.11. The summed E-state index contributed by atoms with van der Waals surface area (Å²) in [4.78, 5) is 0. The highest BCUT2D eigenvalue weighted by atomic mass is 79.9. The van der Waals surface area contributed by atoms with Gasteiger partial charge >= 0.3 is 0 Å². The van der Waals surface area contributed by atoms with Gasteiger partial charge in [0.2, 0.25) is 0 Å². The van der Waals surface area contributed by atoms with Crippen LogP contribution in [0.4, 0.5) is 0 Å². The normalized spacial score (nSPS) is 10.2. The lowest BCUT2D eigenvalue weighted by molar-refractivity contribution is 0.407. The van der Waals surface area contributed by atoms with Gasteiger partial charge in [-0.1, -0.05) is 15.9 Å². The van der Waals surface area contributed by atoms with Crippen molar-refractivity contribution < 1.29 is 4.74 Å². The molecule has 0 bridgehead atoms. The molecule has 0 unspecified atom stereocenters. The highest BCUT2D eigenvalue weighted by molar-refractivity contribution is 9.10. The van der Waals surface area contributed by atoms with Gasteiger partial charge < -0.3 is 4.74 Å². The van der Waals surface area contributed by atoms with Gasteiger partial charge in [-0.2, -0.15) is 0 Å². The third kappa shape index (κ3) is 2.00. The molecule has 13 heavy (non-hydrogen) atoms. The quantitative estimate of drug-likeness (QED) is 0.737. The van der Waals surface area contributed by atoms with Gasteiger partial charge in [-0.25, -0.2) is 0 Å². The third-order valence-electron chi connectivity index (χ3n) is 2.12. The second-order valence-corrected chi connectivity index (χ2v) is 4.07. The van der Waals surface area contributed by atoms with Crippen molar-refractivity contribution in [2.75, 3.05) is 7.11 Å². The SMILES string of the molecule is COc1c(C)cc(Br)c(C)c1CCl. The molecule has 0 saturated carbocycles. The Balaban J connectivity index is 3.41. The zero-order chi connectivity index (χ0) is 10.0. The van der Waals surface area contributed by atoms with Gasteiger partial charge in [-0.15, -0.1) is 11.6 Å². The van der Waals surface area contributed by atoms with Crippen LogP contribution in [0.15, 0.2) is 10.5 Å². The number of alkyl halides is 1. The molecule has 1 rings (SSSR count). The lowest BCUT2D eigenvalue weighted by Gasteiger charge is -2.13. The second-order valence-electron chi connectivity index (χ2n) is 2.95. The van der Waals surface area contributed by atoms with Gasteiger partial charge in [0.1, 0.15) is 5.75 Å². The Hall–Kier alpha value is -0.210. The number of methoxy groups -OCH3 is 1. The minimum atomic E-state index is 0.481. The summed E-state index contributed by atoms with van der Waals surface area (Å²) in [6, 6.07) is 2.05. The van der Waals surface area contributed by atoms with Gasteiger partial charge in [0.15, 0.2) is 0 Å². The molecule has 0 amide bonds. The Labute approximate surface area is 92.2 Å². The first-order chi connectivity index (χ1) is 6.11. The van der Waals surface area contributed by atoms with Crippen molar-refractivity contribution in [3.63, 3.8) is 0 Å². The van der Waals surface area contributed by atoms with Crippen LogP contribution in [-0.2, 0) is 5.88 Å². The van der Waals surface area contributed by atoms with E-state index >= 15 is 0 Å². The van der Waals surface area contributed by atoms with Crippen LogP contribution in [0.25, 0.3) is 0 Å². The van der Waals surface area contributed by atoms with Crippen molar-refractivity contribution in [3.05, 3.63) is 27.2 Å². The number of ether oxygens (including phenoxy) is 1. The first-order valence-corrected chi connectivity index (χ1v) is 5.33. The van der Waals surface area contributed by atoms with E-state index in [1.807, 2.05) is 19.9 Å². The van der Waals surface area contributed by atoms with Crippen LogP contribution >= 0.6 is 27.5 Å². The van der Waals surface area contributed by atoms with E-state index in [0.717, 1.165) is 26.9 Å². The minimum Gasteiger partial charge on any atom is -0.496 e. The monoisotopic (exact) mass is 262 g/mol. The molecule has 72 valence electrons. The van der Waals surface area contributed by atoms with Crippen LogP contribution in [0.1, 0.15) is 16.7 Å². The summed E-state index contributed by atoms with van der Waals surface area (Å²) in [6.07, 6.45) is 0. The Morgan fingerprint density at radius 1 is 1.46 bits per heavy atom. The number of aryl methyl sites for hydroxylation is 1. The maximum atomic E-state index is 5.86. The zero-order valence-electron chi connectivity index (χ0n) is 7.95. The largest absolute Gasteiger partial charge is 0.496 e. The third-order valence-corrected chi connectivity index (χ3v) is 3.22. The molecular weight excluding hydrogens is 251 g/mol. The number of rotatable bonds is 2. The average molecular weight is 264 g/mol. The number of hydrogen-bond donors (Lipinski definition) is 0. The van der Waals surface area contributed by atoms with E-state index in [1.165, 1.54) is 0 Å². The number of benzene rings is 1. The summed E-state index contributed by atoms with van der Waals surface area (Å²) in [5.41, 5.74) is 3.32. The molecule has 1 nitrogen and oxygen atoms in total. The predicted octanol–water partition coefficient (Wildman–Crippen LogP) is 3.81. The molecule has 1 aromatic rings. The van der Waals surface area contributed by atoms with Gasteiger partial charge in [0.05, 0.1) is 13.0 Å². The lowest BCUT2D eigenvalue weighted by Crippen LogP contribution is -1.96. The van der Waals surface area contributed by atoms with E-state index in [0.29, 0.717) is 5.88 Å². The van der Waals surface area contributed by atoms with E-state index in [4.69, 9.17) is 16.3 Å². The molecular formula is C10H12BrClO. The molecule has 0 saturated heterocycles. The van der Waals surface area contributed by atoms with Crippen molar-refractivity contribution in [1.29, 1.82) is 0 Å². The summed E-state index contributed by atoms with van der Waals surface area (Å²) < 4.78 is 6.38. The molecule has 0 N–H and O–H groups in total. The number of hydrogen-bond acceptors (Lipinski definition) is 1. The van der Waals surface area contributed by atoms with Gasteiger partial charge in [0.25, 0.3) is 0 Å². The van der Waals surface area contributed by atoms with E-state index in [-0.39, 0.29) is 0 Å². The molecule has 0 aliphatic carbocycles. The van der Waals surface area contributed by atoms with Gasteiger partial charge in [-0.05, 0) is 31.0 Å². The topological polar surface area (TPSA) is 9.23 Å². The Morgan fingerprint density at radius 2 is 2.08 bits per heavy atom. The molecule has 0 fully saturated rings. The van der Waals surface area contributed by atoms with Crippen molar-refractivity contribution in [2.45, 2.75) is 19.7 Å². The molecule has 3 heteroatoms. The predicted molar refractivity (Wildman–Crippen MR) is 59.7 cm³/mol. The molecule has 0 atom stereocenters. The van der Waals surface area contributed by atoms with Crippen molar-refractivity contribution in [2.24, 2.45) is 0 Å². The summed E-state index contributed by atoms with van der Waals surface area (Å²) in [5.74, 6) is 1.38. The van der Waals surface area contributed by atoms with Crippen molar-refractivity contribution >= 4 is 27.5 Å². The fourth-order valence-electron chi connectivity index (χ4n) is 1.36. The van der Waals surface area contributed by atoms with E-state index < -0.39 is 0 Å². The molecule has 0 heterocycles. The smallest absolute Gasteiger partial charge is 0.126 e. The first-order valence-electron chi connectivity index (χ1n) is 4.00. The Bertz CT molecular complexity index is 323. The zero-order valence-corrected chi connectivity index (χ0v) is 10.3. The molecule has 0 aliphatic rings. The van der Waals surface area contributed by atoms with Crippen LogP contribution < -0.4 is 4.74 Å². The maximum Gasteiger partial charge on any atom is 0.126 e. The fourth-order valence-corrected chi connectivity index (χ4v) is 2.27. The fraction of sp³-hybridized carbons (Fsp3) is 0.400. The van der Waals surface area contributed by atoms with Crippen LogP contribution in [0.3, 0.4) is 0 Å². The van der Waals surface area contributed by atoms with Gasteiger partial charge in [-0.3, -0.25) is 0 Å². The maximum absolute atomic E-state index is 5.86. The van der Waals surface area contributed by atoms with Gasteiger partial charge in [0, 0.05) is 10.0 Å². The molecule has 1 aromatic carbocycles. The summed E-state index contributed by atoms with van der Waals surface area (Å²) in [5, 5.41) is 0. The summed E-state index contributed by atoms with van der Waals surface area (Å²) >= 11 is 9.35. The van der Waals surface area contributed by atoms with Crippen LogP contribution in [0, 0.1) is 13.8 Å². The summed E-state index contributed by atoms with van der Waals surface area (Å²) in [7, 11) is 1.67. The molecule has 0 aliphatic heterocycles. The standard InChI is InChI=1S/C10H12BrClO/c1-6-4-9(11)7(2)8(5-12)10(6)13-3/h4H,5H2,1-3H3. The van der Waals surface area contributed by atoms with Crippen molar-refractivity contribution in [3.8, 4) is 5.75 Å². The van der Waals surface area contributed by atoms with E-state index in [1.54, 1.807) is 7.11 Å². The Morgan fingerprint density at radius 3 is 2.54 bits per heavy atom. The second kappa shape index (κ2) is 4.34. The Kier molecular flexibility index (Phi) is 3.63. The first kappa shape index (κ1) is 10.9. The average Bonchev–Trinajstić information content (AvgIpc) is 2.10. The van der Waals surface area contributed by atoms with Crippen molar-refractivity contribution in [1.82, 2.24) is 0 Å².